The first-order chi connectivity index (χ1) is 16.4. The number of allylic oxidation sites excluding steroid dienone is 11. The molecule has 0 amide bonds. The molecule has 4 atom stereocenters. The monoisotopic (exact) mass is 472 g/mol. The van der Waals surface area contributed by atoms with Gasteiger partial charge in [-0.15, -0.1) is 0 Å². The Kier molecular flexibility index (Phi) is 23.2. The zero-order valence-corrected chi connectivity index (χ0v) is 21.8. The van der Waals surface area contributed by atoms with E-state index in [9.17, 15) is 10.2 Å². The molecule has 0 aromatic rings. The number of unbranched alkanes of at least 4 members (excludes halogenated alkanes) is 4. The van der Waals surface area contributed by atoms with Gasteiger partial charge in [-0.1, -0.05) is 92.2 Å². The summed E-state index contributed by atoms with van der Waals surface area (Å²) in [6, 6.07) is -0.295. The number of aliphatic hydroxyl groups is 2. The molecule has 0 aliphatic rings. The van der Waals surface area contributed by atoms with Crippen molar-refractivity contribution in [3.8, 4) is 0 Å². The van der Waals surface area contributed by atoms with Crippen LogP contribution in [0.5, 0.6) is 0 Å². The Morgan fingerprint density at radius 1 is 0.500 bits per heavy atom. The van der Waals surface area contributed by atoms with Crippen LogP contribution in [0.25, 0.3) is 0 Å². The maximum atomic E-state index is 9.66. The highest BCUT2D eigenvalue weighted by molar-refractivity contribution is 5.01. The second-order valence-electron chi connectivity index (χ2n) is 9.09. The van der Waals surface area contributed by atoms with E-state index in [4.69, 9.17) is 11.5 Å². The van der Waals surface area contributed by atoms with Gasteiger partial charge in [-0.05, 0) is 71.6 Å². The summed E-state index contributed by atoms with van der Waals surface area (Å²) in [5.41, 5.74) is 11.3. The molecule has 0 radical (unpaired) electrons. The molecule has 0 bridgehead atoms. The van der Waals surface area contributed by atoms with Crippen LogP contribution in [0.15, 0.2) is 72.9 Å². The molecule has 0 aromatic carbocycles. The minimum atomic E-state index is -0.451. The van der Waals surface area contributed by atoms with Crippen molar-refractivity contribution in [3.63, 3.8) is 0 Å². The van der Waals surface area contributed by atoms with Crippen molar-refractivity contribution in [1.82, 2.24) is 0 Å². The first-order valence-corrected chi connectivity index (χ1v) is 13.2. The smallest absolute Gasteiger partial charge is 0.0722 e. The number of nitrogens with two attached hydrogens (primary N) is 2. The van der Waals surface area contributed by atoms with Gasteiger partial charge in [0.05, 0.1) is 12.2 Å². The molecule has 2 unspecified atom stereocenters. The van der Waals surface area contributed by atoms with E-state index in [-0.39, 0.29) is 18.2 Å². The van der Waals surface area contributed by atoms with Gasteiger partial charge in [0.15, 0.2) is 0 Å². The Bertz CT molecular complexity index is 615. The molecule has 4 nitrogen and oxygen atoms in total. The van der Waals surface area contributed by atoms with Gasteiger partial charge in [0.25, 0.3) is 0 Å². The predicted molar refractivity (Wildman–Crippen MR) is 150 cm³/mol. The van der Waals surface area contributed by atoms with Crippen LogP contribution in [0.3, 0.4) is 0 Å². The third kappa shape index (κ3) is 23.4. The van der Waals surface area contributed by atoms with Crippen molar-refractivity contribution < 1.29 is 10.2 Å². The average molecular weight is 473 g/mol. The molecule has 0 aromatic heterocycles. The first kappa shape index (κ1) is 32.3. The Balaban J connectivity index is 3.54. The summed E-state index contributed by atoms with van der Waals surface area (Å²) in [4.78, 5) is 0. The summed E-state index contributed by atoms with van der Waals surface area (Å²) in [6.07, 6.45) is 37.4. The molecule has 4 heteroatoms. The van der Waals surface area contributed by atoms with Crippen LogP contribution >= 0.6 is 0 Å². The van der Waals surface area contributed by atoms with Crippen LogP contribution in [-0.4, -0.2) is 34.5 Å². The quantitative estimate of drug-likeness (QED) is 0.114. The molecule has 0 saturated carbocycles. The summed E-state index contributed by atoms with van der Waals surface area (Å²) in [5.74, 6) is 0. The zero-order chi connectivity index (χ0) is 25.3. The third-order valence-electron chi connectivity index (χ3n) is 5.57. The van der Waals surface area contributed by atoms with E-state index in [0.717, 1.165) is 51.4 Å². The third-order valence-corrected chi connectivity index (χ3v) is 5.57. The summed E-state index contributed by atoms with van der Waals surface area (Å²) >= 11 is 0. The van der Waals surface area contributed by atoms with Gasteiger partial charge in [0.2, 0.25) is 0 Å². The van der Waals surface area contributed by atoms with Gasteiger partial charge < -0.3 is 21.7 Å². The van der Waals surface area contributed by atoms with Crippen LogP contribution in [0, 0.1) is 0 Å². The van der Waals surface area contributed by atoms with Crippen LogP contribution in [0.1, 0.15) is 90.9 Å². The average Bonchev–Trinajstić information content (AvgIpc) is 2.81. The van der Waals surface area contributed by atoms with Crippen molar-refractivity contribution in [2.75, 3.05) is 0 Å². The fraction of sp³-hybridized carbons (Fsp3) is 0.600. The fourth-order valence-corrected chi connectivity index (χ4v) is 3.16. The van der Waals surface area contributed by atoms with Crippen LogP contribution in [0.2, 0.25) is 0 Å². The highest BCUT2D eigenvalue weighted by atomic mass is 16.3. The Morgan fingerprint density at radius 2 is 0.882 bits per heavy atom. The highest BCUT2D eigenvalue weighted by Gasteiger charge is 2.08. The lowest BCUT2D eigenvalue weighted by Crippen LogP contribution is -2.31. The molecule has 34 heavy (non-hydrogen) atoms. The summed E-state index contributed by atoms with van der Waals surface area (Å²) in [6.45, 7) is 3.68. The lowest BCUT2D eigenvalue weighted by Gasteiger charge is -2.13. The van der Waals surface area contributed by atoms with E-state index in [1.165, 1.54) is 19.3 Å². The standard InChI is InChI=1S/C30H52N2O2/c1-27(31)29(33)25-23-21-19-17-15-13-11-9-7-5-3-4-6-8-10-12-14-16-18-20-22-24-26-30(34)28(2)32/h3,5-6,8-9,11-12,14-15,17,21,23,27-30,33-34H,4,7,10,13,16,18-20,22,24-26,31-32H2,1-2H3/b5-3-,8-6-,11-9-,14-12-,17-15-,23-21-/t27?,28?,29-,30-/m1/s1. The van der Waals surface area contributed by atoms with Crippen molar-refractivity contribution >= 4 is 0 Å². The number of hydrogen-bond acceptors (Lipinski definition) is 4. The van der Waals surface area contributed by atoms with Crippen molar-refractivity contribution in [3.05, 3.63) is 72.9 Å². The molecule has 0 heterocycles. The minimum Gasteiger partial charge on any atom is -0.392 e. The SMILES string of the molecule is CC(N)[C@H](O)C/C=C\C/C=C\C/C=C\C/C=C\C/C=C\C/C=C\CCCCCC[C@@H](O)C(C)N. The molecule has 194 valence electrons. The predicted octanol–water partition coefficient (Wildman–Crippen LogP) is 6.42. The van der Waals surface area contributed by atoms with E-state index in [2.05, 4.69) is 66.8 Å². The van der Waals surface area contributed by atoms with Crippen LogP contribution in [0.4, 0.5) is 0 Å². The van der Waals surface area contributed by atoms with Gasteiger partial charge >= 0.3 is 0 Å². The number of hydrogen-bond donors (Lipinski definition) is 4. The van der Waals surface area contributed by atoms with Crippen LogP contribution in [-0.2, 0) is 0 Å². The lowest BCUT2D eigenvalue weighted by molar-refractivity contribution is 0.138. The molecular formula is C30H52N2O2. The van der Waals surface area contributed by atoms with E-state index in [0.29, 0.717) is 6.42 Å². The highest BCUT2D eigenvalue weighted by Crippen LogP contribution is 2.09. The van der Waals surface area contributed by atoms with Crippen molar-refractivity contribution in [2.24, 2.45) is 11.5 Å². The van der Waals surface area contributed by atoms with Gasteiger partial charge in [-0.25, -0.2) is 0 Å². The molecule has 0 aliphatic carbocycles. The van der Waals surface area contributed by atoms with Crippen LogP contribution < -0.4 is 11.5 Å². The number of rotatable bonds is 21. The Labute approximate surface area is 209 Å². The molecule has 0 aliphatic heterocycles. The molecule has 0 saturated heterocycles. The zero-order valence-electron chi connectivity index (χ0n) is 21.8. The van der Waals surface area contributed by atoms with Crippen molar-refractivity contribution in [1.29, 1.82) is 0 Å². The topological polar surface area (TPSA) is 92.5 Å². The lowest BCUT2D eigenvalue weighted by atomic mass is 10.0. The second-order valence-corrected chi connectivity index (χ2v) is 9.09. The molecule has 6 N–H and O–H groups in total. The molecular weight excluding hydrogens is 420 g/mol. The fourth-order valence-electron chi connectivity index (χ4n) is 3.16. The molecule has 0 fully saturated rings. The van der Waals surface area contributed by atoms with Gasteiger partial charge in [0.1, 0.15) is 0 Å². The van der Waals surface area contributed by atoms with E-state index < -0.39 is 6.10 Å². The summed E-state index contributed by atoms with van der Waals surface area (Å²) in [5, 5.41) is 19.3. The first-order valence-electron chi connectivity index (χ1n) is 13.2. The Morgan fingerprint density at radius 3 is 1.32 bits per heavy atom. The normalized spacial score (nSPS) is 16.8. The summed E-state index contributed by atoms with van der Waals surface area (Å²) < 4.78 is 0. The maximum Gasteiger partial charge on any atom is 0.0722 e. The maximum absolute atomic E-state index is 9.66. The van der Waals surface area contributed by atoms with Gasteiger partial charge in [0, 0.05) is 12.1 Å². The summed E-state index contributed by atoms with van der Waals surface area (Å²) in [7, 11) is 0. The molecule has 0 rings (SSSR count). The minimum absolute atomic E-state index is 0.117. The van der Waals surface area contributed by atoms with Gasteiger partial charge in [-0.2, -0.15) is 0 Å². The Hall–Kier alpha value is -1.72. The van der Waals surface area contributed by atoms with E-state index >= 15 is 0 Å². The number of aliphatic hydroxyl groups excluding tert-OH is 2. The molecule has 0 spiro atoms. The van der Waals surface area contributed by atoms with Crippen molar-refractivity contribution in [2.45, 2.75) is 115 Å². The second kappa shape index (κ2) is 24.4. The van der Waals surface area contributed by atoms with E-state index in [1.807, 2.05) is 19.9 Å². The van der Waals surface area contributed by atoms with E-state index in [1.54, 1.807) is 0 Å². The largest absolute Gasteiger partial charge is 0.392 e. The van der Waals surface area contributed by atoms with Gasteiger partial charge in [-0.3, -0.25) is 0 Å².